The Morgan fingerprint density at radius 1 is 1.32 bits per heavy atom. The normalized spacial score (nSPS) is 19.8. The lowest BCUT2D eigenvalue weighted by molar-refractivity contribution is -0.138. The molecule has 1 aromatic carbocycles. The SMILES string of the molecule is CC1=C(Sc2ccc(Cl)cc2)N2C=CC=CC2N1CC(=O)O. The van der Waals surface area contributed by atoms with E-state index in [1.54, 1.807) is 11.8 Å². The van der Waals surface area contributed by atoms with Gasteiger partial charge in [-0.05, 0) is 43.3 Å². The summed E-state index contributed by atoms with van der Waals surface area (Å²) in [5, 5.41) is 10.9. The number of aliphatic carboxylic acids is 1. The third kappa shape index (κ3) is 2.87. The molecule has 1 unspecified atom stereocenters. The summed E-state index contributed by atoms with van der Waals surface area (Å²) < 4.78 is 0. The van der Waals surface area contributed by atoms with Gasteiger partial charge in [0.05, 0.1) is 0 Å². The molecule has 2 heterocycles. The Morgan fingerprint density at radius 3 is 2.73 bits per heavy atom. The van der Waals surface area contributed by atoms with Crippen LogP contribution in [-0.4, -0.2) is 33.6 Å². The monoisotopic (exact) mass is 334 g/mol. The van der Waals surface area contributed by atoms with Gasteiger partial charge in [-0.25, -0.2) is 0 Å². The molecule has 2 aliphatic rings. The molecule has 0 fully saturated rings. The predicted octanol–water partition coefficient (Wildman–Crippen LogP) is 3.73. The molecular weight excluding hydrogens is 320 g/mol. The van der Waals surface area contributed by atoms with Gasteiger partial charge in [0.2, 0.25) is 0 Å². The zero-order valence-electron chi connectivity index (χ0n) is 11.9. The van der Waals surface area contributed by atoms with Crippen molar-refractivity contribution < 1.29 is 9.90 Å². The van der Waals surface area contributed by atoms with Crippen LogP contribution < -0.4 is 0 Å². The van der Waals surface area contributed by atoms with Gasteiger partial charge in [-0.15, -0.1) is 0 Å². The molecule has 1 atom stereocenters. The number of benzene rings is 1. The number of allylic oxidation sites excluding steroid dienone is 3. The number of thioether (sulfide) groups is 1. The molecule has 0 saturated heterocycles. The summed E-state index contributed by atoms with van der Waals surface area (Å²) in [5.41, 5.74) is 0.962. The highest BCUT2D eigenvalue weighted by Gasteiger charge is 2.35. The van der Waals surface area contributed by atoms with Crippen molar-refractivity contribution in [1.29, 1.82) is 0 Å². The van der Waals surface area contributed by atoms with E-state index in [-0.39, 0.29) is 12.7 Å². The number of nitrogens with zero attached hydrogens (tertiary/aromatic N) is 2. The Bertz CT molecular complexity index is 682. The predicted molar refractivity (Wildman–Crippen MR) is 88.3 cm³/mol. The largest absolute Gasteiger partial charge is 0.480 e. The van der Waals surface area contributed by atoms with Crippen LogP contribution in [0.4, 0.5) is 0 Å². The van der Waals surface area contributed by atoms with E-state index in [1.165, 1.54) is 0 Å². The van der Waals surface area contributed by atoms with Gasteiger partial charge in [0.25, 0.3) is 0 Å². The van der Waals surface area contributed by atoms with Crippen molar-refractivity contribution in [1.82, 2.24) is 9.80 Å². The molecule has 2 aliphatic heterocycles. The fraction of sp³-hybridized carbons (Fsp3) is 0.188. The summed E-state index contributed by atoms with van der Waals surface area (Å²) in [5.74, 6) is -0.833. The average Bonchev–Trinajstić information content (AvgIpc) is 2.75. The standard InChI is InChI=1S/C16H15ClN2O2S/c1-11-16(22-13-7-5-12(17)6-8-13)18-9-3-2-4-14(18)19(11)10-15(20)21/h2-9,14H,10H2,1H3,(H,20,21). The summed E-state index contributed by atoms with van der Waals surface area (Å²) in [6.45, 7) is 1.94. The number of carboxylic acids is 1. The lowest BCUT2D eigenvalue weighted by atomic mass is 10.3. The second kappa shape index (κ2) is 6.10. The number of halogens is 1. The van der Waals surface area contributed by atoms with Gasteiger partial charge in [0.1, 0.15) is 17.7 Å². The van der Waals surface area contributed by atoms with Gasteiger partial charge in [-0.1, -0.05) is 29.4 Å². The van der Waals surface area contributed by atoms with Gasteiger partial charge in [0, 0.05) is 21.8 Å². The molecule has 1 N–H and O–H groups in total. The minimum Gasteiger partial charge on any atom is -0.480 e. The Balaban J connectivity index is 1.91. The van der Waals surface area contributed by atoms with Crippen LogP contribution in [0.25, 0.3) is 0 Å². The maximum Gasteiger partial charge on any atom is 0.323 e. The number of hydrogen-bond donors (Lipinski definition) is 1. The number of carbonyl (C=O) groups is 1. The molecule has 3 rings (SSSR count). The fourth-order valence-corrected chi connectivity index (χ4v) is 3.70. The third-order valence-electron chi connectivity index (χ3n) is 3.55. The molecule has 0 amide bonds. The summed E-state index contributed by atoms with van der Waals surface area (Å²) in [4.78, 5) is 16.2. The van der Waals surface area contributed by atoms with Crippen molar-refractivity contribution in [2.45, 2.75) is 18.0 Å². The van der Waals surface area contributed by atoms with E-state index in [9.17, 15) is 4.79 Å². The molecule has 22 heavy (non-hydrogen) atoms. The highest BCUT2D eigenvalue weighted by Crippen LogP contribution is 2.41. The van der Waals surface area contributed by atoms with E-state index in [4.69, 9.17) is 16.7 Å². The van der Waals surface area contributed by atoms with Crippen LogP contribution in [0, 0.1) is 0 Å². The Hall–Kier alpha value is -1.85. The summed E-state index contributed by atoms with van der Waals surface area (Å²) in [6.07, 6.45) is 7.81. The van der Waals surface area contributed by atoms with Crippen molar-refractivity contribution in [3.05, 3.63) is 64.4 Å². The van der Waals surface area contributed by atoms with Crippen LogP contribution in [-0.2, 0) is 4.79 Å². The van der Waals surface area contributed by atoms with Gasteiger partial charge in [-0.3, -0.25) is 4.79 Å². The molecule has 6 heteroatoms. The van der Waals surface area contributed by atoms with Gasteiger partial charge >= 0.3 is 5.97 Å². The van der Waals surface area contributed by atoms with Crippen molar-refractivity contribution in [3.8, 4) is 0 Å². The van der Waals surface area contributed by atoms with Gasteiger partial charge in [-0.2, -0.15) is 0 Å². The molecule has 0 radical (unpaired) electrons. The van der Waals surface area contributed by atoms with Crippen LogP contribution in [0.1, 0.15) is 6.92 Å². The molecule has 0 bridgehead atoms. The molecular formula is C16H15ClN2O2S. The van der Waals surface area contributed by atoms with Gasteiger partial charge < -0.3 is 14.9 Å². The Labute approximate surface area is 138 Å². The maximum absolute atomic E-state index is 11.1. The number of hydrogen-bond acceptors (Lipinski definition) is 4. The smallest absolute Gasteiger partial charge is 0.323 e. The molecule has 4 nitrogen and oxygen atoms in total. The highest BCUT2D eigenvalue weighted by molar-refractivity contribution is 8.03. The zero-order chi connectivity index (χ0) is 15.7. The second-order valence-electron chi connectivity index (χ2n) is 5.02. The van der Waals surface area contributed by atoms with E-state index in [2.05, 4.69) is 4.90 Å². The zero-order valence-corrected chi connectivity index (χ0v) is 13.5. The average molecular weight is 335 g/mol. The third-order valence-corrected chi connectivity index (χ3v) is 5.01. The van der Waals surface area contributed by atoms with E-state index in [1.807, 2.05) is 60.5 Å². The topological polar surface area (TPSA) is 43.8 Å². The van der Waals surface area contributed by atoms with Crippen LogP contribution in [0.3, 0.4) is 0 Å². The first kappa shape index (κ1) is 15.1. The Morgan fingerprint density at radius 2 is 2.05 bits per heavy atom. The van der Waals surface area contributed by atoms with Gasteiger partial charge in [0.15, 0.2) is 0 Å². The quantitative estimate of drug-likeness (QED) is 0.908. The van der Waals surface area contributed by atoms with E-state index in [0.29, 0.717) is 5.02 Å². The first-order valence-electron chi connectivity index (χ1n) is 6.82. The summed E-state index contributed by atoms with van der Waals surface area (Å²) in [7, 11) is 0. The molecule has 0 spiro atoms. The van der Waals surface area contributed by atoms with Crippen LogP contribution >= 0.6 is 23.4 Å². The molecule has 0 aliphatic carbocycles. The Kier molecular flexibility index (Phi) is 4.18. The van der Waals surface area contributed by atoms with Crippen LogP contribution in [0.15, 0.2) is 64.3 Å². The van der Waals surface area contributed by atoms with E-state index < -0.39 is 5.97 Å². The first-order chi connectivity index (χ1) is 10.6. The fourth-order valence-electron chi connectivity index (χ4n) is 2.54. The number of fused-ring (bicyclic) bond motifs is 1. The van der Waals surface area contributed by atoms with Crippen molar-refractivity contribution in [3.63, 3.8) is 0 Å². The first-order valence-corrected chi connectivity index (χ1v) is 8.02. The minimum atomic E-state index is -0.833. The lowest BCUT2D eigenvalue weighted by Crippen LogP contribution is -2.39. The summed E-state index contributed by atoms with van der Waals surface area (Å²) in [6, 6.07) is 7.64. The lowest BCUT2D eigenvalue weighted by Gasteiger charge is -2.30. The van der Waals surface area contributed by atoms with Crippen LogP contribution in [0.2, 0.25) is 5.02 Å². The minimum absolute atomic E-state index is 0.0180. The summed E-state index contributed by atoms with van der Waals surface area (Å²) >= 11 is 7.53. The van der Waals surface area contributed by atoms with E-state index in [0.717, 1.165) is 15.6 Å². The molecule has 0 saturated carbocycles. The van der Waals surface area contributed by atoms with Crippen LogP contribution in [0.5, 0.6) is 0 Å². The molecule has 0 aromatic heterocycles. The maximum atomic E-state index is 11.1. The van der Waals surface area contributed by atoms with Crippen molar-refractivity contribution in [2.24, 2.45) is 0 Å². The van der Waals surface area contributed by atoms with Crippen molar-refractivity contribution in [2.75, 3.05) is 6.54 Å². The second-order valence-corrected chi connectivity index (χ2v) is 6.51. The number of rotatable bonds is 4. The highest BCUT2D eigenvalue weighted by atomic mass is 35.5. The molecule has 1 aromatic rings. The number of carboxylic acid groups (broad SMARTS) is 1. The van der Waals surface area contributed by atoms with E-state index >= 15 is 0 Å². The van der Waals surface area contributed by atoms with Crippen molar-refractivity contribution >= 4 is 29.3 Å². The molecule has 114 valence electrons.